The maximum absolute atomic E-state index is 11.5. The number of esters is 1. The van der Waals surface area contributed by atoms with Crippen LogP contribution in [0.1, 0.15) is 26.3 Å². The summed E-state index contributed by atoms with van der Waals surface area (Å²) in [6, 6.07) is 7.00. The van der Waals surface area contributed by atoms with Gasteiger partial charge in [-0.3, -0.25) is 0 Å². The lowest BCUT2D eigenvalue weighted by molar-refractivity contribution is -0.157. The lowest BCUT2D eigenvalue weighted by Crippen LogP contribution is -2.27. The standard InChI is InChI=1S/C13H14BrNO3/c1-13(2,3)18-12(16)8-17-11-5-4-10(14)6-9(11)7-15/h4-6H,8H2,1-3H3. The van der Waals surface area contributed by atoms with E-state index >= 15 is 0 Å². The topological polar surface area (TPSA) is 59.3 Å². The van der Waals surface area contributed by atoms with Gasteiger partial charge in [-0.15, -0.1) is 0 Å². The smallest absolute Gasteiger partial charge is 0.344 e. The van der Waals surface area contributed by atoms with Gasteiger partial charge in [-0.1, -0.05) is 15.9 Å². The largest absolute Gasteiger partial charge is 0.481 e. The van der Waals surface area contributed by atoms with Gasteiger partial charge in [0.25, 0.3) is 0 Å². The molecule has 1 aromatic rings. The Hall–Kier alpha value is -1.54. The number of carbonyl (C=O) groups is 1. The van der Waals surface area contributed by atoms with Gasteiger partial charge >= 0.3 is 5.97 Å². The van der Waals surface area contributed by atoms with Crippen molar-refractivity contribution in [3.63, 3.8) is 0 Å². The van der Waals surface area contributed by atoms with E-state index in [0.717, 1.165) is 4.47 Å². The van der Waals surface area contributed by atoms with Crippen LogP contribution in [0.25, 0.3) is 0 Å². The summed E-state index contributed by atoms with van der Waals surface area (Å²) < 4.78 is 11.2. The number of carbonyl (C=O) groups excluding carboxylic acids is 1. The maximum atomic E-state index is 11.5. The van der Waals surface area contributed by atoms with Crippen LogP contribution in [0.3, 0.4) is 0 Å². The van der Waals surface area contributed by atoms with Gasteiger partial charge in [-0.05, 0) is 39.0 Å². The molecule has 1 aromatic carbocycles. The normalized spacial score (nSPS) is 10.6. The Bertz CT molecular complexity index is 486. The van der Waals surface area contributed by atoms with Crippen molar-refractivity contribution < 1.29 is 14.3 Å². The zero-order valence-electron chi connectivity index (χ0n) is 10.5. The predicted octanol–water partition coefficient (Wildman–Crippen LogP) is 3.04. The monoisotopic (exact) mass is 311 g/mol. The summed E-state index contributed by atoms with van der Waals surface area (Å²) >= 11 is 3.26. The summed E-state index contributed by atoms with van der Waals surface area (Å²) in [6.45, 7) is 5.13. The summed E-state index contributed by atoms with van der Waals surface area (Å²) in [5, 5.41) is 8.93. The molecule has 0 N–H and O–H groups in total. The summed E-state index contributed by atoms with van der Waals surface area (Å²) in [6.07, 6.45) is 0. The van der Waals surface area contributed by atoms with Crippen LogP contribution in [-0.2, 0) is 9.53 Å². The van der Waals surface area contributed by atoms with Gasteiger partial charge in [-0.2, -0.15) is 5.26 Å². The Balaban J connectivity index is 2.65. The molecule has 18 heavy (non-hydrogen) atoms. The maximum Gasteiger partial charge on any atom is 0.344 e. The van der Waals surface area contributed by atoms with E-state index < -0.39 is 11.6 Å². The second kappa shape index (κ2) is 5.87. The first-order valence-electron chi connectivity index (χ1n) is 5.36. The van der Waals surface area contributed by atoms with Crippen molar-refractivity contribution in [2.24, 2.45) is 0 Å². The van der Waals surface area contributed by atoms with Crippen LogP contribution in [0.2, 0.25) is 0 Å². The molecule has 0 aromatic heterocycles. The third kappa shape index (κ3) is 4.76. The van der Waals surface area contributed by atoms with Crippen molar-refractivity contribution in [2.45, 2.75) is 26.4 Å². The zero-order valence-corrected chi connectivity index (χ0v) is 12.1. The number of halogens is 1. The summed E-state index contributed by atoms with van der Waals surface area (Å²) in [5.74, 6) is -0.0964. The molecule has 0 amide bonds. The predicted molar refractivity (Wildman–Crippen MR) is 70.2 cm³/mol. The van der Waals surface area contributed by atoms with Crippen LogP contribution >= 0.6 is 15.9 Å². The third-order valence-corrected chi connectivity index (χ3v) is 2.32. The number of ether oxygens (including phenoxy) is 2. The van der Waals surface area contributed by atoms with Gasteiger partial charge in [0.15, 0.2) is 6.61 Å². The van der Waals surface area contributed by atoms with Crippen LogP contribution in [-0.4, -0.2) is 18.2 Å². The molecule has 96 valence electrons. The Morgan fingerprint density at radius 3 is 2.67 bits per heavy atom. The van der Waals surface area contributed by atoms with Crippen molar-refractivity contribution in [3.8, 4) is 11.8 Å². The van der Waals surface area contributed by atoms with Crippen molar-refractivity contribution in [1.82, 2.24) is 0 Å². The first-order chi connectivity index (χ1) is 8.31. The molecule has 0 heterocycles. The van der Waals surface area contributed by atoms with Crippen LogP contribution in [0.15, 0.2) is 22.7 Å². The molecular formula is C13H14BrNO3. The van der Waals surface area contributed by atoms with Crippen molar-refractivity contribution >= 4 is 21.9 Å². The Kier molecular flexibility index (Phi) is 4.74. The zero-order chi connectivity index (χ0) is 13.8. The Labute approximate surface area is 115 Å². The van der Waals surface area contributed by atoms with Gasteiger partial charge < -0.3 is 9.47 Å². The number of hydrogen-bond acceptors (Lipinski definition) is 4. The summed E-state index contributed by atoms with van der Waals surface area (Å²) in [5.41, 5.74) is -0.175. The molecule has 0 bridgehead atoms. The molecule has 0 saturated heterocycles. The van der Waals surface area contributed by atoms with E-state index in [-0.39, 0.29) is 6.61 Å². The van der Waals surface area contributed by atoms with Gasteiger partial charge in [0, 0.05) is 4.47 Å². The van der Waals surface area contributed by atoms with E-state index in [1.807, 2.05) is 6.07 Å². The summed E-state index contributed by atoms with van der Waals surface area (Å²) in [7, 11) is 0. The quantitative estimate of drug-likeness (QED) is 0.805. The molecule has 0 saturated carbocycles. The lowest BCUT2D eigenvalue weighted by atomic mass is 10.2. The van der Waals surface area contributed by atoms with Crippen LogP contribution in [0, 0.1) is 11.3 Å². The minimum absolute atomic E-state index is 0.215. The Morgan fingerprint density at radius 2 is 2.11 bits per heavy atom. The van der Waals surface area contributed by atoms with Crippen molar-refractivity contribution in [2.75, 3.05) is 6.61 Å². The van der Waals surface area contributed by atoms with E-state index in [4.69, 9.17) is 14.7 Å². The second-order valence-corrected chi connectivity index (χ2v) is 5.54. The number of benzene rings is 1. The first kappa shape index (κ1) is 14.5. The Morgan fingerprint density at radius 1 is 1.44 bits per heavy atom. The fraction of sp³-hybridized carbons (Fsp3) is 0.385. The third-order valence-electron chi connectivity index (χ3n) is 1.83. The average Bonchev–Trinajstić information content (AvgIpc) is 2.24. The van der Waals surface area contributed by atoms with Gasteiger partial charge in [0.05, 0.1) is 5.56 Å². The minimum atomic E-state index is -0.543. The summed E-state index contributed by atoms with van der Waals surface area (Å²) in [4.78, 5) is 11.5. The molecule has 0 aliphatic rings. The molecule has 0 spiro atoms. The molecule has 5 heteroatoms. The highest BCUT2D eigenvalue weighted by Gasteiger charge is 2.17. The van der Waals surface area contributed by atoms with Crippen LogP contribution in [0.4, 0.5) is 0 Å². The molecule has 0 fully saturated rings. The number of nitrogens with zero attached hydrogens (tertiary/aromatic N) is 1. The van der Waals surface area contributed by atoms with E-state index in [0.29, 0.717) is 11.3 Å². The number of hydrogen-bond donors (Lipinski definition) is 0. The lowest BCUT2D eigenvalue weighted by Gasteiger charge is -2.19. The molecule has 0 radical (unpaired) electrons. The fourth-order valence-electron chi connectivity index (χ4n) is 1.22. The van der Waals surface area contributed by atoms with E-state index in [9.17, 15) is 4.79 Å². The number of rotatable bonds is 3. The fourth-order valence-corrected chi connectivity index (χ4v) is 1.58. The van der Waals surface area contributed by atoms with Gasteiger partial charge in [0.1, 0.15) is 17.4 Å². The molecule has 0 atom stereocenters. The van der Waals surface area contributed by atoms with E-state index in [2.05, 4.69) is 15.9 Å². The highest BCUT2D eigenvalue weighted by atomic mass is 79.9. The molecule has 0 aliphatic heterocycles. The molecule has 0 aliphatic carbocycles. The van der Waals surface area contributed by atoms with Crippen molar-refractivity contribution in [3.05, 3.63) is 28.2 Å². The molecule has 0 unspecified atom stereocenters. The van der Waals surface area contributed by atoms with Gasteiger partial charge in [-0.25, -0.2) is 4.79 Å². The molecular weight excluding hydrogens is 298 g/mol. The van der Waals surface area contributed by atoms with Crippen LogP contribution in [0.5, 0.6) is 5.75 Å². The second-order valence-electron chi connectivity index (χ2n) is 4.63. The highest BCUT2D eigenvalue weighted by Crippen LogP contribution is 2.22. The van der Waals surface area contributed by atoms with Crippen molar-refractivity contribution in [1.29, 1.82) is 5.26 Å². The average molecular weight is 312 g/mol. The molecule has 4 nitrogen and oxygen atoms in total. The first-order valence-corrected chi connectivity index (χ1v) is 6.15. The highest BCUT2D eigenvalue weighted by molar-refractivity contribution is 9.10. The van der Waals surface area contributed by atoms with Crippen LogP contribution < -0.4 is 4.74 Å². The SMILES string of the molecule is CC(C)(C)OC(=O)COc1ccc(Br)cc1C#N. The van der Waals surface area contributed by atoms with E-state index in [1.165, 1.54) is 0 Å². The minimum Gasteiger partial charge on any atom is -0.481 e. The molecule has 1 rings (SSSR count). The number of nitriles is 1. The van der Waals surface area contributed by atoms with E-state index in [1.54, 1.807) is 39.0 Å². The van der Waals surface area contributed by atoms with Gasteiger partial charge in [0.2, 0.25) is 0 Å².